The van der Waals surface area contributed by atoms with Crippen LogP contribution in [0.2, 0.25) is 0 Å². The molecule has 2 aromatic rings. The third-order valence-corrected chi connectivity index (χ3v) is 5.06. The monoisotopic (exact) mass is 385 g/mol. The van der Waals surface area contributed by atoms with E-state index in [9.17, 15) is 4.79 Å². The second-order valence-corrected chi connectivity index (χ2v) is 7.34. The molecule has 0 bridgehead atoms. The molecule has 1 amide bonds. The Bertz CT molecular complexity index is 675. The Labute approximate surface area is 166 Å². The average Bonchev–Trinajstić information content (AvgIpc) is 2.71. The summed E-state index contributed by atoms with van der Waals surface area (Å²) in [6.45, 7) is 2.74. The van der Waals surface area contributed by atoms with Gasteiger partial charge < -0.3 is 10.1 Å². The van der Waals surface area contributed by atoms with Crippen molar-refractivity contribution in [3.05, 3.63) is 65.7 Å². The van der Waals surface area contributed by atoms with Crippen molar-refractivity contribution in [1.82, 2.24) is 5.32 Å². The predicted molar refractivity (Wildman–Crippen MR) is 116 cm³/mol. The molecular weight excluding hydrogens is 353 g/mol. The molecule has 0 aliphatic carbocycles. The van der Waals surface area contributed by atoms with Crippen molar-refractivity contribution in [3.63, 3.8) is 0 Å². The number of nitrogens with one attached hydrogen (secondary N) is 1. The molecule has 0 aliphatic rings. The lowest BCUT2D eigenvalue weighted by molar-refractivity contribution is -0.121. The zero-order valence-corrected chi connectivity index (χ0v) is 17.5. The molecule has 0 saturated heterocycles. The molecule has 0 aromatic heterocycles. The molecule has 0 aliphatic heterocycles. The van der Waals surface area contributed by atoms with Crippen molar-refractivity contribution in [1.29, 1.82) is 0 Å². The lowest BCUT2D eigenvalue weighted by Gasteiger charge is -2.18. The van der Waals surface area contributed by atoms with Crippen LogP contribution in [0.5, 0.6) is 5.75 Å². The first-order valence-electron chi connectivity index (χ1n) is 9.99. The number of carbonyl (C=O) groups excluding carboxylic acids is 1. The van der Waals surface area contributed by atoms with Gasteiger partial charge in [0.2, 0.25) is 5.91 Å². The third kappa shape index (κ3) is 8.13. The average molecular weight is 385 g/mol. The van der Waals surface area contributed by atoms with Gasteiger partial charge in [0.05, 0.1) is 6.04 Å². The largest absolute Gasteiger partial charge is 0.489 e. The van der Waals surface area contributed by atoms with E-state index in [1.54, 1.807) is 0 Å². The number of hydrogen-bond acceptors (Lipinski definition) is 2. The van der Waals surface area contributed by atoms with Gasteiger partial charge in [0.15, 0.2) is 0 Å². The molecule has 0 saturated carbocycles. The minimum atomic E-state index is -0.00147. The summed E-state index contributed by atoms with van der Waals surface area (Å²) in [5.41, 5.74) is 2.22. The normalized spacial score (nSPS) is 11.8. The first kappa shape index (κ1) is 21.4. The summed E-state index contributed by atoms with van der Waals surface area (Å²) in [4.78, 5) is 12.3. The number of hydrogen-bond donors (Lipinski definition) is 1. The Morgan fingerprint density at radius 1 is 1.04 bits per heavy atom. The maximum Gasteiger partial charge on any atom is 0.220 e. The van der Waals surface area contributed by atoms with Crippen molar-refractivity contribution in [2.45, 2.75) is 58.1 Å². The molecule has 0 fully saturated rings. The molecule has 2 rings (SSSR count). The highest BCUT2D eigenvalue weighted by Gasteiger charge is 2.13. The first-order valence-corrected chi connectivity index (χ1v) is 10.8. The maximum absolute atomic E-state index is 12.3. The Balaban J connectivity index is 1.85. The molecule has 146 valence electrons. The topological polar surface area (TPSA) is 38.3 Å². The summed E-state index contributed by atoms with van der Waals surface area (Å²) in [5, 5.41) is 3.16. The standard InChI is InChI=1S/C23H32NO2P/c1-2-3-4-5-9-15-23(25)24-22(18-27)20-13-10-14-21(16-20)26-17-19-11-7-6-8-12-19/h6-8,10-14,16,22H,2-5,9,15,17-18,27H2,1H3,(H,24,25). The van der Waals surface area contributed by atoms with Gasteiger partial charge in [-0.25, -0.2) is 0 Å². The Hall–Kier alpha value is -1.86. The fraction of sp³-hybridized carbons (Fsp3) is 0.435. The van der Waals surface area contributed by atoms with E-state index < -0.39 is 0 Å². The third-order valence-electron chi connectivity index (χ3n) is 4.59. The highest BCUT2D eigenvalue weighted by molar-refractivity contribution is 7.16. The fourth-order valence-corrected chi connectivity index (χ4v) is 3.39. The van der Waals surface area contributed by atoms with Gasteiger partial charge in [-0.3, -0.25) is 4.79 Å². The van der Waals surface area contributed by atoms with Crippen molar-refractivity contribution in [2.24, 2.45) is 0 Å². The minimum Gasteiger partial charge on any atom is -0.489 e. The highest BCUT2D eigenvalue weighted by Crippen LogP contribution is 2.22. The predicted octanol–water partition coefficient (Wildman–Crippen LogP) is 5.66. The summed E-state index contributed by atoms with van der Waals surface area (Å²) >= 11 is 0. The van der Waals surface area contributed by atoms with E-state index in [1.165, 1.54) is 19.3 Å². The summed E-state index contributed by atoms with van der Waals surface area (Å²) in [6, 6.07) is 18.1. The van der Waals surface area contributed by atoms with Gasteiger partial charge >= 0.3 is 0 Å². The zero-order chi connectivity index (χ0) is 19.3. The van der Waals surface area contributed by atoms with Crippen molar-refractivity contribution >= 4 is 15.1 Å². The molecule has 4 heteroatoms. The van der Waals surface area contributed by atoms with Gasteiger partial charge in [0.25, 0.3) is 0 Å². The molecular formula is C23H32NO2P. The molecule has 27 heavy (non-hydrogen) atoms. The van der Waals surface area contributed by atoms with Crippen molar-refractivity contribution in [2.75, 3.05) is 6.16 Å². The SMILES string of the molecule is CCCCCCCC(=O)NC(CP)c1cccc(OCc2ccccc2)c1. The van der Waals surface area contributed by atoms with Crippen LogP contribution in [0.1, 0.15) is 62.6 Å². The Kier molecular flexibility index (Phi) is 9.94. The number of carbonyl (C=O) groups is 1. The van der Waals surface area contributed by atoms with Crippen LogP contribution in [-0.2, 0) is 11.4 Å². The van der Waals surface area contributed by atoms with Crippen molar-refractivity contribution < 1.29 is 9.53 Å². The molecule has 2 atom stereocenters. The number of ether oxygens (including phenoxy) is 1. The van der Waals surface area contributed by atoms with Gasteiger partial charge in [0.1, 0.15) is 12.4 Å². The Morgan fingerprint density at radius 3 is 2.56 bits per heavy atom. The smallest absolute Gasteiger partial charge is 0.220 e. The summed E-state index contributed by atoms with van der Waals surface area (Å²) in [6.07, 6.45) is 7.19. The van der Waals surface area contributed by atoms with Crippen LogP contribution in [-0.4, -0.2) is 12.1 Å². The van der Waals surface area contributed by atoms with Gasteiger partial charge in [-0.2, -0.15) is 0 Å². The first-order chi connectivity index (χ1) is 13.2. The van der Waals surface area contributed by atoms with E-state index in [4.69, 9.17) is 4.74 Å². The molecule has 0 heterocycles. The summed E-state index contributed by atoms with van der Waals surface area (Å²) in [7, 11) is 2.74. The molecule has 3 nitrogen and oxygen atoms in total. The van der Waals surface area contributed by atoms with Gasteiger partial charge in [-0.1, -0.05) is 75.1 Å². The number of rotatable bonds is 12. The van der Waals surface area contributed by atoms with Gasteiger partial charge in [-0.05, 0) is 35.8 Å². The zero-order valence-electron chi connectivity index (χ0n) is 16.3. The van der Waals surface area contributed by atoms with E-state index in [2.05, 4.69) is 33.6 Å². The quantitative estimate of drug-likeness (QED) is 0.378. The van der Waals surface area contributed by atoms with Gasteiger partial charge in [-0.15, -0.1) is 9.24 Å². The summed E-state index contributed by atoms with van der Waals surface area (Å²) in [5.74, 6) is 0.961. The van der Waals surface area contributed by atoms with E-state index in [0.717, 1.165) is 35.9 Å². The van der Waals surface area contributed by atoms with E-state index >= 15 is 0 Å². The number of amides is 1. The second kappa shape index (κ2) is 12.5. The van der Waals surface area contributed by atoms with Crippen LogP contribution in [0.25, 0.3) is 0 Å². The lowest BCUT2D eigenvalue weighted by atomic mass is 10.1. The number of benzene rings is 2. The molecule has 2 aromatic carbocycles. The van der Waals surface area contributed by atoms with Crippen LogP contribution in [0.3, 0.4) is 0 Å². The van der Waals surface area contributed by atoms with Gasteiger partial charge in [0, 0.05) is 6.42 Å². The van der Waals surface area contributed by atoms with Crippen molar-refractivity contribution in [3.8, 4) is 5.75 Å². The second-order valence-electron chi connectivity index (χ2n) is 6.87. The van der Waals surface area contributed by atoms with Crippen LogP contribution in [0, 0.1) is 0 Å². The van der Waals surface area contributed by atoms with Crippen LogP contribution in [0.4, 0.5) is 0 Å². The lowest BCUT2D eigenvalue weighted by Crippen LogP contribution is -2.29. The fourth-order valence-electron chi connectivity index (χ4n) is 3.00. The highest BCUT2D eigenvalue weighted by atomic mass is 31.0. The molecule has 0 spiro atoms. The minimum absolute atomic E-state index is 0.00147. The molecule has 2 unspecified atom stereocenters. The van der Waals surface area contributed by atoms with Crippen LogP contribution >= 0.6 is 9.24 Å². The molecule has 1 N–H and O–H groups in total. The Morgan fingerprint density at radius 2 is 1.81 bits per heavy atom. The summed E-state index contributed by atoms with van der Waals surface area (Å²) < 4.78 is 5.92. The molecule has 0 radical (unpaired) electrons. The van der Waals surface area contributed by atoms with E-state index in [-0.39, 0.29) is 11.9 Å². The van der Waals surface area contributed by atoms with E-state index in [0.29, 0.717) is 13.0 Å². The van der Waals surface area contributed by atoms with Crippen LogP contribution in [0.15, 0.2) is 54.6 Å². The number of unbranched alkanes of at least 4 members (excludes halogenated alkanes) is 4. The van der Waals surface area contributed by atoms with E-state index in [1.807, 2.05) is 42.5 Å². The van der Waals surface area contributed by atoms with Crippen LogP contribution < -0.4 is 10.1 Å². The maximum atomic E-state index is 12.3.